The summed E-state index contributed by atoms with van der Waals surface area (Å²) in [6.45, 7) is -0.664. The third kappa shape index (κ3) is 7.62. The summed E-state index contributed by atoms with van der Waals surface area (Å²) in [5, 5.41) is 7.44. The minimum Gasteiger partial charge on any atom is -0.494 e. The van der Waals surface area contributed by atoms with Gasteiger partial charge in [-0.25, -0.2) is 22.3 Å². The molecule has 1 aromatic heterocycles. The van der Waals surface area contributed by atoms with Crippen molar-refractivity contribution in [2.24, 2.45) is 0 Å². The van der Waals surface area contributed by atoms with Gasteiger partial charge in [0, 0.05) is 6.54 Å². The first-order valence-electron chi connectivity index (χ1n) is 14.4. The second-order valence-corrected chi connectivity index (χ2v) is 12.6. The first-order chi connectivity index (χ1) is 22.8. The predicted molar refractivity (Wildman–Crippen MR) is 170 cm³/mol. The molecule has 0 radical (unpaired) electrons. The Kier molecular flexibility index (Phi) is 9.79. The van der Waals surface area contributed by atoms with Gasteiger partial charge in [-0.05, 0) is 72.1 Å². The molecule has 0 bridgehead atoms. The number of halogens is 4. The first-order valence-corrected chi connectivity index (χ1v) is 16.2. The number of esters is 1. The number of methoxy groups -OCH3 is 1. The number of anilines is 1. The first kappa shape index (κ1) is 34.0. The lowest BCUT2D eigenvalue weighted by Gasteiger charge is -2.31. The number of rotatable bonds is 11. The number of aromatic nitrogens is 3. The van der Waals surface area contributed by atoms with Gasteiger partial charge in [-0.2, -0.15) is 13.2 Å². The van der Waals surface area contributed by atoms with E-state index in [4.69, 9.17) is 9.47 Å². The van der Waals surface area contributed by atoms with E-state index in [-0.39, 0.29) is 40.9 Å². The molecule has 0 saturated carbocycles. The molecular weight excluding hydrogens is 656 g/mol. The molecule has 5 aromatic rings. The molecule has 1 heterocycles. The van der Waals surface area contributed by atoms with Crippen LogP contribution in [0.25, 0.3) is 22.0 Å². The van der Waals surface area contributed by atoms with Crippen LogP contribution >= 0.6 is 0 Å². The number of fused-ring (bicyclic) bond motifs is 1. The molecular formula is C33H28F4N4O6S. The summed E-state index contributed by atoms with van der Waals surface area (Å²) in [5.41, 5.74) is -0.484. The second-order valence-electron chi connectivity index (χ2n) is 10.7. The summed E-state index contributed by atoms with van der Waals surface area (Å²) in [4.78, 5) is 26.0. The molecule has 0 aliphatic heterocycles. The Morgan fingerprint density at radius 1 is 0.958 bits per heavy atom. The van der Waals surface area contributed by atoms with E-state index in [1.165, 1.54) is 43.5 Å². The van der Waals surface area contributed by atoms with Gasteiger partial charge in [-0.15, -0.1) is 5.10 Å². The topological polar surface area (TPSA) is 121 Å². The number of carbonyl (C=O) groups excluding carboxylic acids is 1. The molecule has 0 amide bonds. The van der Waals surface area contributed by atoms with Gasteiger partial charge in [0.05, 0.1) is 41.6 Å². The fourth-order valence-electron chi connectivity index (χ4n) is 5.09. The van der Waals surface area contributed by atoms with E-state index in [9.17, 15) is 35.6 Å². The molecule has 0 aliphatic rings. The zero-order valence-electron chi connectivity index (χ0n) is 25.5. The van der Waals surface area contributed by atoms with Gasteiger partial charge in [-0.1, -0.05) is 41.6 Å². The standard InChI is InChI=1S/C33H28F4N4O6S/c1-46-30-15-10-23(18-28(30)34)21-8-12-25(13-9-21)41(48(2,44)45)26(20-47-32(43)22-6-4-3-5-7-22)16-17-40-31(42)27-14-11-24(33(35,36)37)19-29(27)38-39-40/h3-15,18-19,26H,16-17,20H2,1-2H3/t26-/m1/s1. The monoisotopic (exact) mass is 684 g/mol. The van der Waals surface area contributed by atoms with Crippen LogP contribution in [0, 0.1) is 5.82 Å². The Bertz CT molecular complexity index is 2110. The maximum absolute atomic E-state index is 14.3. The fraction of sp³-hybridized carbons (Fsp3) is 0.212. The van der Waals surface area contributed by atoms with E-state index in [0.717, 1.165) is 33.4 Å². The lowest BCUT2D eigenvalue weighted by molar-refractivity contribution is -0.137. The Morgan fingerprint density at radius 2 is 1.65 bits per heavy atom. The second kappa shape index (κ2) is 13.8. The molecule has 0 aliphatic carbocycles. The zero-order valence-corrected chi connectivity index (χ0v) is 26.3. The highest BCUT2D eigenvalue weighted by molar-refractivity contribution is 7.92. The number of alkyl halides is 3. The average Bonchev–Trinajstić information content (AvgIpc) is 3.06. The van der Waals surface area contributed by atoms with Crippen LogP contribution in [0.2, 0.25) is 0 Å². The van der Waals surface area contributed by atoms with Gasteiger partial charge in [0.15, 0.2) is 11.6 Å². The minimum atomic E-state index is -4.65. The lowest BCUT2D eigenvalue weighted by atomic mass is 10.0. The van der Waals surface area contributed by atoms with Crippen molar-refractivity contribution in [1.29, 1.82) is 0 Å². The summed E-state index contributed by atoms with van der Waals surface area (Å²) < 4.78 is 92.8. The summed E-state index contributed by atoms with van der Waals surface area (Å²) in [7, 11) is -2.71. The number of ether oxygens (including phenoxy) is 2. The van der Waals surface area contributed by atoms with Gasteiger partial charge in [0.1, 0.15) is 12.1 Å². The van der Waals surface area contributed by atoms with Crippen LogP contribution in [-0.2, 0) is 27.5 Å². The fourth-order valence-corrected chi connectivity index (χ4v) is 6.30. The summed E-state index contributed by atoms with van der Waals surface area (Å²) in [6.07, 6.45) is -3.80. The molecule has 0 N–H and O–H groups in total. The number of sulfonamides is 1. The number of aryl methyl sites for hydroxylation is 1. The van der Waals surface area contributed by atoms with Crippen LogP contribution in [-0.4, -0.2) is 55.4 Å². The number of hydrogen-bond donors (Lipinski definition) is 0. The van der Waals surface area contributed by atoms with Crippen LogP contribution in [0.5, 0.6) is 5.75 Å². The van der Waals surface area contributed by atoms with Crippen LogP contribution in [0.1, 0.15) is 22.3 Å². The van der Waals surface area contributed by atoms with Crippen molar-refractivity contribution in [3.8, 4) is 16.9 Å². The highest BCUT2D eigenvalue weighted by atomic mass is 32.2. The van der Waals surface area contributed by atoms with E-state index in [1.807, 2.05) is 0 Å². The van der Waals surface area contributed by atoms with E-state index in [2.05, 4.69) is 10.3 Å². The molecule has 250 valence electrons. The summed E-state index contributed by atoms with van der Waals surface area (Å²) in [6, 6.07) is 20.0. The normalized spacial score (nSPS) is 12.5. The Hall–Kier alpha value is -5.31. The molecule has 15 heteroatoms. The molecule has 0 spiro atoms. The van der Waals surface area contributed by atoms with E-state index >= 15 is 0 Å². The van der Waals surface area contributed by atoms with Crippen molar-refractivity contribution in [3.63, 3.8) is 0 Å². The summed E-state index contributed by atoms with van der Waals surface area (Å²) >= 11 is 0. The van der Waals surface area contributed by atoms with Gasteiger partial charge < -0.3 is 9.47 Å². The number of carbonyl (C=O) groups is 1. The smallest absolute Gasteiger partial charge is 0.416 e. The van der Waals surface area contributed by atoms with Crippen molar-refractivity contribution in [1.82, 2.24) is 15.0 Å². The molecule has 5 rings (SSSR count). The zero-order chi connectivity index (χ0) is 34.6. The molecule has 10 nitrogen and oxygen atoms in total. The van der Waals surface area contributed by atoms with Gasteiger partial charge in [0.2, 0.25) is 10.0 Å². The Labute approximate surface area is 272 Å². The molecule has 0 saturated heterocycles. The molecule has 0 unspecified atom stereocenters. The Balaban J connectivity index is 1.47. The summed E-state index contributed by atoms with van der Waals surface area (Å²) in [5.74, 6) is -1.23. The van der Waals surface area contributed by atoms with Crippen LogP contribution < -0.4 is 14.6 Å². The maximum Gasteiger partial charge on any atom is 0.416 e. The minimum absolute atomic E-state index is 0.0628. The van der Waals surface area contributed by atoms with Gasteiger partial charge >= 0.3 is 12.1 Å². The quantitative estimate of drug-likeness (QED) is 0.128. The number of hydrogen-bond acceptors (Lipinski definition) is 8. The third-order valence-electron chi connectivity index (χ3n) is 7.44. The van der Waals surface area contributed by atoms with Crippen LogP contribution in [0.15, 0.2) is 95.8 Å². The van der Waals surface area contributed by atoms with Crippen LogP contribution in [0.3, 0.4) is 0 Å². The predicted octanol–water partition coefficient (Wildman–Crippen LogP) is 5.71. The average molecular weight is 685 g/mol. The van der Waals surface area contributed by atoms with Crippen molar-refractivity contribution < 1.29 is 40.2 Å². The SMILES string of the molecule is COc1ccc(-c2ccc(N([C@H](CCn3nnc4cc(C(F)(F)F)ccc4c3=O)COC(=O)c3ccccc3)S(C)(=O)=O)cc2)cc1F. The number of nitrogens with zero attached hydrogens (tertiary/aromatic N) is 4. The van der Waals surface area contributed by atoms with Gasteiger partial charge in [-0.3, -0.25) is 9.10 Å². The molecule has 0 fully saturated rings. The van der Waals surface area contributed by atoms with E-state index in [1.54, 1.807) is 36.4 Å². The lowest BCUT2D eigenvalue weighted by Crippen LogP contribution is -2.44. The van der Waals surface area contributed by atoms with Crippen molar-refractivity contribution in [2.45, 2.75) is 25.2 Å². The highest BCUT2D eigenvalue weighted by Crippen LogP contribution is 2.31. The third-order valence-corrected chi connectivity index (χ3v) is 8.66. The van der Waals surface area contributed by atoms with E-state index < -0.39 is 51.8 Å². The highest BCUT2D eigenvalue weighted by Gasteiger charge is 2.32. The maximum atomic E-state index is 14.3. The van der Waals surface area contributed by atoms with Crippen molar-refractivity contribution in [3.05, 3.63) is 118 Å². The Morgan fingerprint density at radius 3 is 2.27 bits per heavy atom. The van der Waals surface area contributed by atoms with Crippen molar-refractivity contribution >= 4 is 32.6 Å². The molecule has 48 heavy (non-hydrogen) atoms. The van der Waals surface area contributed by atoms with Crippen molar-refractivity contribution in [2.75, 3.05) is 24.3 Å². The number of benzene rings is 4. The largest absolute Gasteiger partial charge is 0.494 e. The molecule has 1 atom stereocenters. The molecule has 4 aromatic carbocycles. The van der Waals surface area contributed by atoms with E-state index in [0.29, 0.717) is 11.1 Å². The van der Waals surface area contributed by atoms with Crippen LogP contribution in [0.4, 0.5) is 23.2 Å². The van der Waals surface area contributed by atoms with Gasteiger partial charge in [0.25, 0.3) is 5.56 Å².